The van der Waals surface area contributed by atoms with Gasteiger partial charge in [-0.1, -0.05) is 15.9 Å². The minimum Gasteiger partial charge on any atom is -0.490 e. The molecule has 0 heterocycles. The van der Waals surface area contributed by atoms with E-state index in [-0.39, 0.29) is 12.6 Å². The number of benzene rings is 1. The number of esters is 1. The summed E-state index contributed by atoms with van der Waals surface area (Å²) in [6.45, 7) is 0.602. The molecule has 130 valence electrons. The Bertz CT molecular complexity index is 613. The Kier molecular flexibility index (Phi) is 4.12. The van der Waals surface area contributed by atoms with E-state index in [1.807, 2.05) is 24.3 Å². The molecule has 0 saturated heterocycles. The van der Waals surface area contributed by atoms with Crippen LogP contribution in [0.3, 0.4) is 0 Å². The third kappa shape index (κ3) is 3.08. The van der Waals surface area contributed by atoms with E-state index in [2.05, 4.69) is 15.9 Å². The molecule has 2 atom stereocenters. The van der Waals surface area contributed by atoms with Crippen LogP contribution < -0.4 is 4.74 Å². The van der Waals surface area contributed by atoms with Crippen molar-refractivity contribution >= 4 is 21.9 Å². The van der Waals surface area contributed by atoms with Crippen molar-refractivity contribution in [2.45, 2.75) is 44.1 Å². The summed E-state index contributed by atoms with van der Waals surface area (Å²) < 4.78 is 12.1. The van der Waals surface area contributed by atoms with E-state index < -0.39 is 11.0 Å². The molecule has 24 heavy (non-hydrogen) atoms. The smallest absolute Gasteiger partial charge is 0.312 e. The molecule has 4 saturated carbocycles. The zero-order valence-corrected chi connectivity index (χ0v) is 15.3. The minimum absolute atomic E-state index is 0.130. The zero-order valence-electron chi connectivity index (χ0n) is 13.7. The summed E-state index contributed by atoms with van der Waals surface area (Å²) in [5.74, 6) is 1.61. The molecule has 2 unspecified atom stereocenters. The van der Waals surface area contributed by atoms with Crippen LogP contribution in [-0.2, 0) is 9.53 Å². The summed E-state index contributed by atoms with van der Waals surface area (Å²) in [4.78, 5) is 12.7. The Hall–Kier alpha value is -1.07. The normalized spacial score (nSPS) is 36.6. The lowest BCUT2D eigenvalue weighted by Crippen LogP contribution is -2.58. The van der Waals surface area contributed by atoms with E-state index in [9.17, 15) is 9.90 Å². The third-order valence-corrected chi connectivity index (χ3v) is 6.39. The summed E-state index contributed by atoms with van der Waals surface area (Å²) in [5, 5.41) is 10.7. The van der Waals surface area contributed by atoms with Crippen molar-refractivity contribution in [2.75, 3.05) is 13.2 Å². The van der Waals surface area contributed by atoms with Crippen LogP contribution in [0.2, 0.25) is 0 Å². The van der Waals surface area contributed by atoms with Crippen LogP contribution in [0.4, 0.5) is 0 Å². The van der Waals surface area contributed by atoms with Crippen molar-refractivity contribution < 1.29 is 19.4 Å². The molecule has 4 aliphatic rings. The van der Waals surface area contributed by atoms with Crippen LogP contribution in [0.5, 0.6) is 5.75 Å². The van der Waals surface area contributed by atoms with E-state index in [0.29, 0.717) is 24.9 Å². The monoisotopic (exact) mass is 394 g/mol. The molecule has 0 radical (unpaired) electrons. The molecule has 0 amide bonds. The first-order valence-corrected chi connectivity index (χ1v) is 9.54. The summed E-state index contributed by atoms with van der Waals surface area (Å²) in [6.07, 6.45) is 5.26. The Morgan fingerprint density at radius 3 is 2.42 bits per heavy atom. The average molecular weight is 395 g/mol. The lowest BCUT2D eigenvalue weighted by Gasteiger charge is -2.58. The van der Waals surface area contributed by atoms with Gasteiger partial charge in [-0.3, -0.25) is 4.79 Å². The van der Waals surface area contributed by atoms with Crippen LogP contribution in [0.25, 0.3) is 0 Å². The van der Waals surface area contributed by atoms with Crippen LogP contribution >= 0.6 is 15.9 Å². The number of carbonyl (C=O) groups is 1. The van der Waals surface area contributed by atoms with Gasteiger partial charge in [0.2, 0.25) is 0 Å². The summed E-state index contributed by atoms with van der Waals surface area (Å²) in [5.41, 5.74) is -1.08. The second-order valence-electron chi connectivity index (χ2n) is 7.90. The highest BCUT2D eigenvalue weighted by Crippen LogP contribution is 2.61. The highest BCUT2D eigenvalue weighted by atomic mass is 79.9. The van der Waals surface area contributed by atoms with Crippen molar-refractivity contribution in [3.05, 3.63) is 28.7 Å². The van der Waals surface area contributed by atoms with Gasteiger partial charge in [0, 0.05) is 4.47 Å². The standard InChI is InChI=1S/C19H23BrO4/c20-15-1-3-16(4-2-15)23-5-6-24-17(21)18-8-13-7-14(9-18)11-19(22,10-13)12-18/h1-4,13-14,22H,5-12H2. The number of aliphatic hydroxyl groups is 1. The highest BCUT2D eigenvalue weighted by Gasteiger charge is 2.60. The number of ether oxygens (including phenoxy) is 2. The first kappa shape index (κ1) is 16.4. The fourth-order valence-electron chi connectivity index (χ4n) is 5.43. The van der Waals surface area contributed by atoms with Gasteiger partial charge in [0.25, 0.3) is 0 Å². The molecule has 4 bridgehead atoms. The lowest BCUT2D eigenvalue weighted by atomic mass is 9.48. The van der Waals surface area contributed by atoms with E-state index in [1.54, 1.807) is 0 Å². The maximum atomic E-state index is 12.7. The van der Waals surface area contributed by atoms with Gasteiger partial charge in [-0.2, -0.15) is 0 Å². The molecule has 1 aromatic carbocycles. The molecule has 5 heteroatoms. The Labute approximate surface area is 150 Å². The fourth-order valence-corrected chi connectivity index (χ4v) is 5.70. The van der Waals surface area contributed by atoms with Gasteiger partial charge >= 0.3 is 5.97 Å². The summed E-state index contributed by atoms with van der Waals surface area (Å²) >= 11 is 3.38. The van der Waals surface area contributed by atoms with Gasteiger partial charge in [-0.05, 0) is 74.6 Å². The van der Waals surface area contributed by atoms with Crippen LogP contribution in [0.1, 0.15) is 38.5 Å². The van der Waals surface area contributed by atoms with Gasteiger partial charge in [0.05, 0.1) is 11.0 Å². The number of hydrogen-bond donors (Lipinski definition) is 1. The largest absolute Gasteiger partial charge is 0.490 e. The predicted octanol–water partition coefficient (Wildman–Crippen LogP) is 3.70. The van der Waals surface area contributed by atoms with Gasteiger partial charge in [0.15, 0.2) is 0 Å². The maximum Gasteiger partial charge on any atom is 0.312 e. The van der Waals surface area contributed by atoms with Crippen LogP contribution in [-0.4, -0.2) is 29.9 Å². The molecular formula is C19H23BrO4. The van der Waals surface area contributed by atoms with Gasteiger partial charge in [-0.15, -0.1) is 0 Å². The van der Waals surface area contributed by atoms with E-state index in [1.165, 1.54) is 6.42 Å². The molecule has 4 aliphatic carbocycles. The Morgan fingerprint density at radius 2 is 1.79 bits per heavy atom. The number of hydrogen-bond acceptors (Lipinski definition) is 4. The molecule has 4 fully saturated rings. The molecule has 5 rings (SSSR count). The Balaban J connectivity index is 1.31. The zero-order chi connectivity index (χ0) is 16.8. The summed E-state index contributed by atoms with van der Waals surface area (Å²) in [6, 6.07) is 7.58. The van der Waals surface area contributed by atoms with Crippen molar-refractivity contribution in [3.8, 4) is 5.75 Å². The molecular weight excluding hydrogens is 372 g/mol. The first-order chi connectivity index (χ1) is 11.5. The van der Waals surface area contributed by atoms with E-state index in [0.717, 1.165) is 35.9 Å². The topological polar surface area (TPSA) is 55.8 Å². The third-order valence-electron chi connectivity index (χ3n) is 5.86. The number of rotatable bonds is 5. The van der Waals surface area contributed by atoms with Gasteiger partial charge < -0.3 is 14.6 Å². The lowest BCUT2D eigenvalue weighted by molar-refractivity contribution is -0.196. The van der Waals surface area contributed by atoms with Gasteiger partial charge in [0.1, 0.15) is 19.0 Å². The van der Waals surface area contributed by atoms with Crippen LogP contribution in [0, 0.1) is 17.3 Å². The molecule has 1 N–H and O–H groups in total. The second-order valence-corrected chi connectivity index (χ2v) is 8.82. The minimum atomic E-state index is -0.628. The molecule has 0 spiro atoms. The van der Waals surface area contributed by atoms with E-state index in [4.69, 9.17) is 9.47 Å². The second kappa shape index (κ2) is 6.03. The molecule has 0 aliphatic heterocycles. The molecule has 1 aromatic rings. The highest BCUT2D eigenvalue weighted by molar-refractivity contribution is 9.10. The molecule has 0 aromatic heterocycles. The summed E-state index contributed by atoms with van der Waals surface area (Å²) in [7, 11) is 0. The first-order valence-electron chi connectivity index (χ1n) is 8.74. The Morgan fingerprint density at radius 1 is 1.12 bits per heavy atom. The van der Waals surface area contributed by atoms with Crippen LogP contribution in [0.15, 0.2) is 28.7 Å². The van der Waals surface area contributed by atoms with Crippen molar-refractivity contribution in [1.82, 2.24) is 0 Å². The predicted molar refractivity (Wildman–Crippen MR) is 92.7 cm³/mol. The average Bonchev–Trinajstić information content (AvgIpc) is 2.50. The fraction of sp³-hybridized carbons (Fsp3) is 0.632. The van der Waals surface area contributed by atoms with Crippen molar-refractivity contribution in [2.24, 2.45) is 17.3 Å². The number of carbonyl (C=O) groups excluding carboxylic acids is 1. The number of halogens is 1. The molecule has 4 nitrogen and oxygen atoms in total. The SMILES string of the molecule is O=C(OCCOc1ccc(Br)cc1)C12CC3CC(CC(O)(C3)C1)C2. The van der Waals surface area contributed by atoms with Crippen molar-refractivity contribution in [1.29, 1.82) is 0 Å². The maximum absolute atomic E-state index is 12.7. The quantitative estimate of drug-likeness (QED) is 0.610. The van der Waals surface area contributed by atoms with Gasteiger partial charge in [-0.25, -0.2) is 0 Å². The van der Waals surface area contributed by atoms with E-state index >= 15 is 0 Å². The van der Waals surface area contributed by atoms with Crippen molar-refractivity contribution in [3.63, 3.8) is 0 Å².